The molecule has 180 valence electrons. The number of benzene rings is 1. The Bertz CT molecular complexity index is 1150. The van der Waals surface area contributed by atoms with Crippen molar-refractivity contribution in [2.45, 2.75) is 51.7 Å². The quantitative estimate of drug-likeness (QED) is 0.511. The Labute approximate surface area is 193 Å². The Morgan fingerprint density at radius 3 is 2.47 bits per heavy atom. The SMILES string of the molecule is Cc1cc(F)cc(-n2nccn2)c1C(=O)N1CCC[C@@H](C)[C@H]1CCc1ncc(C(F)(F)F)cn1. The number of carbonyl (C=O) groups excluding carboxylic acids is 1. The molecule has 0 saturated carbocycles. The molecule has 1 aromatic carbocycles. The first-order valence-corrected chi connectivity index (χ1v) is 11.0. The second-order valence-corrected chi connectivity index (χ2v) is 8.55. The van der Waals surface area contributed by atoms with Gasteiger partial charge in [-0.25, -0.2) is 14.4 Å². The molecule has 0 spiro atoms. The second-order valence-electron chi connectivity index (χ2n) is 8.55. The molecule has 4 rings (SSSR count). The zero-order chi connectivity index (χ0) is 24.5. The summed E-state index contributed by atoms with van der Waals surface area (Å²) in [5.74, 6) is -0.296. The van der Waals surface area contributed by atoms with Gasteiger partial charge in [-0.15, -0.1) is 0 Å². The lowest BCUT2D eigenvalue weighted by atomic mass is 9.87. The monoisotopic (exact) mass is 476 g/mol. The van der Waals surface area contributed by atoms with Gasteiger partial charge in [-0.2, -0.15) is 28.2 Å². The lowest BCUT2D eigenvalue weighted by molar-refractivity contribution is -0.138. The fourth-order valence-electron chi connectivity index (χ4n) is 4.49. The van der Waals surface area contributed by atoms with Crippen LogP contribution in [-0.4, -0.2) is 48.4 Å². The predicted octanol–water partition coefficient (Wildman–Crippen LogP) is 4.40. The minimum Gasteiger partial charge on any atom is -0.335 e. The van der Waals surface area contributed by atoms with Crippen molar-refractivity contribution in [3.05, 3.63) is 65.3 Å². The molecule has 0 bridgehead atoms. The predicted molar refractivity (Wildman–Crippen MR) is 115 cm³/mol. The van der Waals surface area contributed by atoms with Gasteiger partial charge in [0.25, 0.3) is 5.91 Å². The first-order valence-electron chi connectivity index (χ1n) is 11.0. The summed E-state index contributed by atoms with van der Waals surface area (Å²) in [5, 5.41) is 8.13. The van der Waals surface area contributed by atoms with Crippen LogP contribution in [0.5, 0.6) is 0 Å². The minimum atomic E-state index is -4.49. The number of alkyl halides is 3. The van der Waals surface area contributed by atoms with E-state index < -0.39 is 17.6 Å². The zero-order valence-electron chi connectivity index (χ0n) is 18.8. The Morgan fingerprint density at radius 2 is 1.82 bits per heavy atom. The molecule has 2 aromatic heterocycles. The number of likely N-dealkylation sites (tertiary alicyclic amines) is 1. The van der Waals surface area contributed by atoms with Gasteiger partial charge in [0.15, 0.2) is 0 Å². The highest BCUT2D eigenvalue weighted by Crippen LogP contribution is 2.31. The molecule has 11 heteroatoms. The maximum atomic E-state index is 14.2. The van der Waals surface area contributed by atoms with Crippen LogP contribution in [0.25, 0.3) is 5.69 Å². The van der Waals surface area contributed by atoms with Crippen molar-refractivity contribution in [1.29, 1.82) is 0 Å². The number of hydrogen-bond acceptors (Lipinski definition) is 5. The number of aromatic nitrogens is 5. The van der Waals surface area contributed by atoms with Crippen molar-refractivity contribution in [1.82, 2.24) is 29.9 Å². The Morgan fingerprint density at radius 1 is 1.15 bits per heavy atom. The van der Waals surface area contributed by atoms with E-state index in [0.29, 0.717) is 30.5 Å². The highest BCUT2D eigenvalue weighted by Gasteiger charge is 2.35. The van der Waals surface area contributed by atoms with Gasteiger partial charge in [0, 0.05) is 37.5 Å². The van der Waals surface area contributed by atoms with E-state index in [1.54, 1.807) is 11.8 Å². The van der Waals surface area contributed by atoms with E-state index >= 15 is 0 Å². The number of carbonyl (C=O) groups is 1. The molecule has 0 unspecified atom stereocenters. The molecule has 0 radical (unpaired) electrons. The van der Waals surface area contributed by atoms with E-state index in [1.807, 2.05) is 6.92 Å². The van der Waals surface area contributed by atoms with Gasteiger partial charge in [-0.05, 0) is 43.7 Å². The highest BCUT2D eigenvalue weighted by molar-refractivity contribution is 5.99. The van der Waals surface area contributed by atoms with E-state index in [1.165, 1.54) is 29.3 Å². The standard InChI is InChI=1S/C23H24F4N6O/c1-14-4-3-9-32(18(14)5-6-20-28-12-16(13-29-20)23(25,26)27)22(34)21-15(2)10-17(24)11-19(21)33-30-7-8-31-33/h7-8,10-14,18H,3-6,9H2,1-2H3/t14-,18-/m1/s1. The van der Waals surface area contributed by atoms with E-state index in [2.05, 4.69) is 20.2 Å². The van der Waals surface area contributed by atoms with Gasteiger partial charge < -0.3 is 4.90 Å². The fraction of sp³-hybridized carbons (Fsp3) is 0.435. The minimum absolute atomic E-state index is 0.166. The van der Waals surface area contributed by atoms with E-state index in [0.717, 1.165) is 25.2 Å². The molecule has 1 aliphatic rings. The smallest absolute Gasteiger partial charge is 0.335 e. The zero-order valence-corrected chi connectivity index (χ0v) is 18.8. The van der Waals surface area contributed by atoms with Crippen molar-refractivity contribution in [2.75, 3.05) is 6.54 Å². The van der Waals surface area contributed by atoms with Crippen molar-refractivity contribution in [3.8, 4) is 5.69 Å². The van der Waals surface area contributed by atoms with Gasteiger partial charge in [-0.1, -0.05) is 6.92 Å². The van der Waals surface area contributed by atoms with Gasteiger partial charge in [0.2, 0.25) is 0 Å². The summed E-state index contributed by atoms with van der Waals surface area (Å²) in [6, 6.07) is 2.37. The molecule has 7 nitrogen and oxygen atoms in total. The van der Waals surface area contributed by atoms with Crippen LogP contribution in [0.3, 0.4) is 0 Å². The molecule has 2 atom stereocenters. The van der Waals surface area contributed by atoms with Crippen LogP contribution in [0, 0.1) is 18.7 Å². The average molecular weight is 476 g/mol. The van der Waals surface area contributed by atoms with Gasteiger partial charge in [-0.3, -0.25) is 4.79 Å². The van der Waals surface area contributed by atoms with Gasteiger partial charge in [0.05, 0.1) is 23.5 Å². The van der Waals surface area contributed by atoms with Gasteiger partial charge in [0.1, 0.15) is 17.3 Å². The number of aryl methyl sites for hydroxylation is 2. The maximum absolute atomic E-state index is 14.2. The molecule has 1 fully saturated rings. The largest absolute Gasteiger partial charge is 0.419 e. The number of piperidine rings is 1. The number of nitrogens with zero attached hydrogens (tertiary/aromatic N) is 6. The Hall–Kier alpha value is -3.37. The average Bonchev–Trinajstić information content (AvgIpc) is 3.32. The first kappa shape index (κ1) is 23.8. The van der Waals surface area contributed by atoms with Gasteiger partial charge >= 0.3 is 6.18 Å². The van der Waals surface area contributed by atoms with Crippen molar-refractivity contribution >= 4 is 5.91 Å². The van der Waals surface area contributed by atoms with Crippen molar-refractivity contribution < 1.29 is 22.4 Å². The van der Waals surface area contributed by atoms with Crippen LogP contribution in [0.15, 0.2) is 36.9 Å². The third-order valence-corrected chi connectivity index (χ3v) is 6.20. The lowest BCUT2D eigenvalue weighted by Gasteiger charge is -2.40. The summed E-state index contributed by atoms with van der Waals surface area (Å²) >= 11 is 0. The molecule has 0 N–H and O–H groups in total. The van der Waals surface area contributed by atoms with Crippen LogP contribution in [0.1, 0.15) is 53.5 Å². The van der Waals surface area contributed by atoms with E-state index in [-0.39, 0.29) is 29.4 Å². The topological polar surface area (TPSA) is 76.8 Å². The molecule has 34 heavy (non-hydrogen) atoms. The van der Waals surface area contributed by atoms with Crippen molar-refractivity contribution in [3.63, 3.8) is 0 Å². The number of halogens is 4. The second kappa shape index (κ2) is 9.47. The Balaban J connectivity index is 1.59. The summed E-state index contributed by atoms with van der Waals surface area (Å²) in [4.78, 5) is 24.5. The number of hydrogen-bond donors (Lipinski definition) is 0. The Kier molecular flexibility index (Phi) is 6.63. The molecule has 3 aromatic rings. The molecular formula is C23H24F4N6O. The van der Waals surface area contributed by atoms with Crippen LogP contribution in [-0.2, 0) is 12.6 Å². The molecule has 1 amide bonds. The normalized spacial score (nSPS) is 18.8. The van der Waals surface area contributed by atoms with Crippen LogP contribution >= 0.6 is 0 Å². The summed E-state index contributed by atoms with van der Waals surface area (Å²) in [5.41, 5.74) is 0.156. The van der Waals surface area contributed by atoms with Crippen LogP contribution in [0.4, 0.5) is 17.6 Å². The summed E-state index contributed by atoms with van der Waals surface area (Å²) < 4.78 is 52.5. The fourth-order valence-corrected chi connectivity index (χ4v) is 4.49. The van der Waals surface area contributed by atoms with E-state index in [9.17, 15) is 22.4 Å². The molecule has 1 saturated heterocycles. The molecule has 3 heterocycles. The van der Waals surface area contributed by atoms with Crippen LogP contribution < -0.4 is 0 Å². The third-order valence-electron chi connectivity index (χ3n) is 6.20. The summed E-state index contributed by atoms with van der Waals surface area (Å²) in [7, 11) is 0. The molecule has 0 aliphatic carbocycles. The third kappa shape index (κ3) is 4.92. The highest BCUT2D eigenvalue weighted by atomic mass is 19.4. The first-order chi connectivity index (χ1) is 16.1. The molecular weight excluding hydrogens is 452 g/mol. The van der Waals surface area contributed by atoms with E-state index in [4.69, 9.17) is 0 Å². The molecule has 1 aliphatic heterocycles. The summed E-state index contributed by atoms with van der Waals surface area (Å²) in [6.07, 6.45) is 2.51. The van der Waals surface area contributed by atoms with Crippen molar-refractivity contribution in [2.24, 2.45) is 5.92 Å². The number of rotatable bonds is 5. The summed E-state index contributed by atoms with van der Waals surface area (Å²) in [6.45, 7) is 4.23. The lowest BCUT2D eigenvalue weighted by Crippen LogP contribution is -2.48. The maximum Gasteiger partial charge on any atom is 0.419 e. The number of amides is 1. The van der Waals surface area contributed by atoms with Crippen LogP contribution in [0.2, 0.25) is 0 Å².